The Labute approximate surface area is 141 Å². The first kappa shape index (κ1) is 14.9. The maximum Gasteiger partial charge on any atom is 0.128 e. The number of pyridine rings is 1. The summed E-state index contributed by atoms with van der Waals surface area (Å²) >= 11 is 0. The standard InChI is InChI=1S/C19H21N5/c20-19(23-10-2-1-3-11-23)16-6-4-15(5-7-16)14-24-18-8-9-21-12-17(18)13-22-24/h4-9,12-13,20H,1-3,10-11,14H2. The zero-order valence-corrected chi connectivity index (χ0v) is 13.7. The molecule has 122 valence electrons. The fourth-order valence-corrected chi connectivity index (χ4v) is 3.29. The number of nitrogens with zero attached hydrogens (tertiary/aromatic N) is 4. The molecule has 1 aromatic carbocycles. The Hall–Kier alpha value is -2.69. The molecule has 0 bridgehead atoms. The largest absolute Gasteiger partial charge is 0.357 e. The second-order valence-electron chi connectivity index (χ2n) is 6.33. The number of piperidine rings is 1. The third kappa shape index (κ3) is 2.89. The van der Waals surface area contributed by atoms with Crippen LogP contribution >= 0.6 is 0 Å². The second kappa shape index (κ2) is 6.43. The Morgan fingerprint density at radius 2 is 1.79 bits per heavy atom. The molecule has 5 heteroatoms. The van der Waals surface area contributed by atoms with E-state index in [0.29, 0.717) is 5.84 Å². The van der Waals surface area contributed by atoms with Crippen LogP contribution in [0.4, 0.5) is 0 Å². The fourth-order valence-electron chi connectivity index (χ4n) is 3.29. The van der Waals surface area contributed by atoms with Crippen molar-refractivity contribution in [3.63, 3.8) is 0 Å². The summed E-state index contributed by atoms with van der Waals surface area (Å²) in [6.07, 6.45) is 9.16. The minimum Gasteiger partial charge on any atom is -0.357 e. The van der Waals surface area contributed by atoms with Crippen molar-refractivity contribution in [2.45, 2.75) is 25.8 Å². The molecule has 1 aliphatic heterocycles. The summed E-state index contributed by atoms with van der Waals surface area (Å²) in [5.41, 5.74) is 3.28. The van der Waals surface area contributed by atoms with Gasteiger partial charge in [0.25, 0.3) is 0 Å². The van der Waals surface area contributed by atoms with Crippen molar-refractivity contribution in [3.05, 3.63) is 60.0 Å². The minimum atomic E-state index is 0.650. The molecule has 0 unspecified atom stereocenters. The zero-order chi connectivity index (χ0) is 16.4. The van der Waals surface area contributed by atoms with Gasteiger partial charge in [-0.3, -0.25) is 15.1 Å². The van der Waals surface area contributed by atoms with E-state index in [1.807, 2.05) is 23.1 Å². The molecule has 0 radical (unpaired) electrons. The molecule has 2 aromatic heterocycles. The molecule has 3 aromatic rings. The third-order valence-corrected chi connectivity index (χ3v) is 4.67. The van der Waals surface area contributed by atoms with Gasteiger partial charge in [-0.05, 0) is 30.9 Å². The van der Waals surface area contributed by atoms with Gasteiger partial charge in [0.1, 0.15) is 5.84 Å². The number of nitrogens with one attached hydrogen (secondary N) is 1. The zero-order valence-electron chi connectivity index (χ0n) is 13.7. The molecule has 1 fully saturated rings. The highest BCUT2D eigenvalue weighted by Crippen LogP contribution is 2.16. The second-order valence-corrected chi connectivity index (χ2v) is 6.33. The third-order valence-electron chi connectivity index (χ3n) is 4.67. The molecule has 1 saturated heterocycles. The monoisotopic (exact) mass is 319 g/mol. The summed E-state index contributed by atoms with van der Waals surface area (Å²) in [4.78, 5) is 6.31. The Bertz CT molecular complexity index is 844. The Morgan fingerprint density at radius 1 is 1.00 bits per heavy atom. The molecular weight excluding hydrogens is 298 g/mol. The molecule has 0 amide bonds. The number of benzene rings is 1. The number of aromatic nitrogens is 3. The van der Waals surface area contributed by atoms with Crippen molar-refractivity contribution in [2.24, 2.45) is 0 Å². The number of hydrogen-bond acceptors (Lipinski definition) is 3. The van der Waals surface area contributed by atoms with Crippen LogP contribution in [0.3, 0.4) is 0 Å². The van der Waals surface area contributed by atoms with E-state index in [-0.39, 0.29) is 0 Å². The summed E-state index contributed by atoms with van der Waals surface area (Å²) in [5.74, 6) is 0.650. The fraction of sp³-hybridized carbons (Fsp3) is 0.316. The van der Waals surface area contributed by atoms with Crippen LogP contribution in [0.1, 0.15) is 30.4 Å². The summed E-state index contributed by atoms with van der Waals surface area (Å²) in [7, 11) is 0. The highest BCUT2D eigenvalue weighted by Gasteiger charge is 2.14. The van der Waals surface area contributed by atoms with Crippen molar-refractivity contribution in [1.82, 2.24) is 19.7 Å². The summed E-state index contributed by atoms with van der Waals surface area (Å²) in [6.45, 7) is 2.74. The lowest BCUT2D eigenvalue weighted by molar-refractivity contribution is 0.341. The van der Waals surface area contributed by atoms with Gasteiger partial charge in [0.05, 0.1) is 18.3 Å². The quantitative estimate of drug-likeness (QED) is 0.595. The van der Waals surface area contributed by atoms with Crippen LogP contribution in [0.25, 0.3) is 10.9 Å². The van der Waals surface area contributed by atoms with E-state index < -0.39 is 0 Å². The molecular formula is C19H21N5. The predicted octanol–water partition coefficient (Wildman–Crippen LogP) is 3.29. The van der Waals surface area contributed by atoms with E-state index in [1.54, 1.807) is 6.20 Å². The van der Waals surface area contributed by atoms with Gasteiger partial charge >= 0.3 is 0 Å². The first-order valence-corrected chi connectivity index (χ1v) is 8.49. The summed E-state index contributed by atoms with van der Waals surface area (Å²) in [5, 5.41) is 13.9. The van der Waals surface area contributed by atoms with Crippen LogP contribution < -0.4 is 0 Å². The van der Waals surface area contributed by atoms with Gasteiger partial charge in [-0.25, -0.2) is 0 Å². The molecule has 1 N–H and O–H groups in total. The van der Waals surface area contributed by atoms with Gasteiger partial charge in [-0.15, -0.1) is 0 Å². The minimum absolute atomic E-state index is 0.650. The van der Waals surface area contributed by atoms with E-state index in [0.717, 1.165) is 36.1 Å². The van der Waals surface area contributed by atoms with Crippen LogP contribution in [0.15, 0.2) is 48.9 Å². The Balaban J connectivity index is 1.50. The van der Waals surface area contributed by atoms with Gasteiger partial charge in [0.2, 0.25) is 0 Å². The van der Waals surface area contributed by atoms with Gasteiger partial charge in [-0.2, -0.15) is 5.10 Å². The molecule has 4 rings (SSSR count). The number of hydrogen-bond donors (Lipinski definition) is 1. The molecule has 5 nitrogen and oxygen atoms in total. The van der Waals surface area contributed by atoms with Gasteiger partial charge in [0, 0.05) is 36.4 Å². The molecule has 1 aliphatic rings. The maximum atomic E-state index is 8.40. The smallest absolute Gasteiger partial charge is 0.128 e. The van der Waals surface area contributed by atoms with Crippen LogP contribution in [0, 0.1) is 5.41 Å². The highest BCUT2D eigenvalue weighted by molar-refractivity contribution is 5.96. The molecule has 24 heavy (non-hydrogen) atoms. The SMILES string of the molecule is N=C(c1ccc(Cn2ncc3cnccc32)cc1)N1CCCCC1. The number of amidine groups is 1. The lowest BCUT2D eigenvalue weighted by Gasteiger charge is -2.29. The lowest BCUT2D eigenvalue weighted by atomic mass is 10.1. The van der Waals surface area contributed by atoms with E-state index in [9.17, 15) is 0 Å². The normalized spacial score (nSPS) is 14.9. The van der Waals surface area contributed by atoms with Crippen molar-refractivity contribution in [2.75, 3.05) is 13.1 Å². The number of fused-ring (bicyclic) bond motifs is 1. The Morgan fingerprint density at radius 3 is 2.58 bits per heavy atom. The van der Waals surface area contributed by atoms with Crippen LogP contribution in [-0.4, -0.2) is 38.6 Å². The van der Waals surface area contributed by atoms with Crippen molar-refractivity contribution >= 4 is 16.7 Å². The molecule has 0 atom stereocenters. The van der Waals surface area contributed by atoms with E-state index in [4.69, 9.17) is 5.41 Å². The maximum absolute atomic E-state index is 8.40. The molecule has 0 spiro atoms. The van der Waals surface area contributed by atoms with E-state index in [1.165, 1.54) is 24.8 Å². The Kier molecular flexibility index (Phi) is 3.99. The number of likely N-dealkylation sites (tertiary alicyclic amines) is 1. The van der Waals surface area contributed by atoms with Gasteiger partial charge in [-0.1, -0.05) is 24.3 Å². The van der Waals surface area contributed by atoms with Gasteiger partial charge in [0.15, 0.2) is 0 Å². The predicted molar refractivity (Wildman–Crippen MR) is 95.3 cm³/mol. The van der Waals surface area contributed by atoms with Gasteiger partial charge < -0.3 is 4.90 Å². The lowest BCUT2D eigenvalue weighted by Crippen LogP contribution is -2.35. The van der Waals surface area contributed by atoms with Crippen molar-refractivity contribution in [1.29, 1.82) is 5.41 Å². The average molecular weight is 319 g/mol. The van der Waals surface area contributed by atoms with Crippen LogP contribution in [-0.2, 0) is 6.54 Å². The van der Waals surface area contributed by atoms with Crippen molar-refractivity contribution < 1.29 is 0 Å². The molecule has 3 heterocycles. The first-order valence-electron chi connectivity index (χ1n) is 8.49. The van der Waals surface area contributed by atoms with E-state index in [2.05, 4.69) is 39.2 Å². The topological polar surface area (TPSA) is 57.8 Å². The molecule has 0 aliphatic carbocycles. The van der Waals surface area contributed by atoms with Crippen LogP contribution in [0.2, 0.25) is 0 Å². The molecule has 0 saturated carbocycles. The van der Waals surface area contributed by atoms with E-state index >= 15 is 0 Å². The highest BCUT2D eigenvalue weighted by atomic mass is 15.3. The first-order chi connectivity index (χ1) is 11.8. The summed E-state index contributed by atoms with van der Waals surface area (Å²) in [6, 6.07) is 10.3. The van der Waals surface area contributed by atoms with Crippen LogP contribution in [0.5, 0.6) is 0 Å². The summed E-state index contributed by atoms with van der Waals surface area (Å²) < 4.78 is 1.99. The van der Waals surface area contributed by atoms with Crippen molar-refractivity contribution in [3.8, 4) is 0 Å². The average Bonchev–Trinajstić information content (AvgIpc) is 3.06. The number of rotatable bonds is 3.